The summed E-state index contributed by atoms with van der Waals surface area (Å²) in [7, 11) is 0. The first-order valence-electron chi connectivity index (χ1n) is 8.88. The topological polar surface area (TPSA) is 103 Å². The van der Waals surface area contributed by atoms with Crippen LogP contribution in [0.3, 0.4) is 0 Å². The van der Waals surface area contributed by atoms with Crippen molar-refractivity contribution in [3.8, 4) is 0 Å². The number of hydrogen-bond acceptors (Lipinski definition) is 5. The lowest BCUT2D eigenvalue weighted by Gasteiger charge is -2.37. The molecule has 0 unspecified atom stereocenters. The molecule has 8 heteroatoms. The Morgan fingerprint density at radius 1 is 1.23 bits per heavy atom. The van der Waals surface area contributed by atoms with Crippen LogP contribution in [0.2, 0.25) is 0 Å². The Morgan fingerprint density at radius 2 is 2.04 bits per heavy atom. The number of nitrogens with zero attached hydrogens (tertiary/aromatic N) is 3. The first-order valence-corrected chi connectivity index (χ1v) is 8.88. The van der Waals surface area contributed by atoms with E-state index in [1.54, 1.807) is 12.5 Å². The van der Waals surface area contributed by atoms with Gasteiger partial charge in [0.15, 0.2) is 5.54 Å². The molecular formula is C18H22N6O2. The van der Waals surface area contributed by atoms with Gasteiger partial charge in [0, 0.05) is 11.9 Å². The molecule has 26 heavy (non-hydrogen) atoms. The van der Waals surface area contributed by atoms with Crippen molar-refractivity contribution < 1.29 is 9.59 Å². The minimum atomic E-state index is -1.11. The zero-order valence-corrected chi connectivity index (χ0v) is 14.7. The predicted molar refractivity (Wildman–Crippen MR) is 93.9 cm³/mol. The summed E-state index contributed by atoms with van der Waals surface area (Å²) in [6.07, 6.45) is 4.84. The van der Waals surface area contributed by atoms with Crippen molar-refractivity contribution in [3.63, 3.8) is 0 Å². The fourth-order valence-corrected chi connectivity index (χ4v) is 3.95. The number of H-pyrrole nitrogens is 1. The van der Waals surface area contributed by atoms with Gasteiger partial charge in [0.05, 0.1) is 24.3 Å². The van der Waals surface area contributed by atoms with E-state index in [9.17, 15) is 9.59 Å². The highest BCUT2D eigenvalue weighted by Gasteiger charge is 2.57. The number of hydrogen-bond donors (Lipinski definition) is 3. The maximum Gasteiger partial charge on any atom is 0.325 e. The highest BCUT2D eigenvalue weighted by Crippen LogP contribution is 2.40. The molecule has 0 aliphatic carbocycles. The van der Waals surface area contributed by atoms with Crippen molar-refractivity contribution in [2.75, 3.05) is 13.1 Å². The summed E-state index contributed by atoms with van der Waals surface area (Å²) in [6.45, 7) is 3.67. The SMILES string of the molecule is Cc1[nH]cnc1CN1C(=O)N[C@@](c2ccccn2)(C2CCNCC2)C1=O. The van der Waals surface area contributed by atoms with Crippen LogP contribution in [-0.4, -0.2) is 44.9 Å². The van der Waals surface area contributed by atoms with Crippen LogP contribution in [0.1, 0.15) is 29.9 Å². The van der Waals surface area contributed by atoms with Crippen LogP contribution in [0.5, 0.6) is 0 Å². The van der Waals surface area contributed by atoms with Crippen LogP contribution in [-0.2, 0) is 16.9 Å². The molecule has 0 radical (unpaired) electrons. The molecule has 0 bridgehead atoms. The second-order valence-corrected chi connectivity index (χ2v) is 6.84. The van der Waals surface area contributed by atoms with E-state index < -0.39 is 5.54 Å². The molecule has 2 fully saturated rings. The van der Waals surface area contributed by atoms with Crippen molar-refractivity contribution in [1.29, 1.82) is 0 Å². The number of aryl methyl sites for hydroxylation is 1. The Hall–Kier alpha value is -2.74. The van der Waals surface area contributed by atoms with Crippen molar-refractivity contribution in [3.05, 3.63) is 47.8 Å². The molecule has 0 aromatic carbocycles. The van der Waals surface area contributed by atoms with Crippen LogP contribution < -0.4 is 10.6 Å². The van der Waals surface area contributed by atoms with E-state index in [1.165, 1.54) is 4.90 Å². The van der Waals surface area contributed by atoms with E-state index in [4.69, 9.17) is 0 Å². The quantitative estimate of drug-likeness (QED) is 0.713. The van der Waals surface area contributed by atoms with E-state index in [0.717, 1.165) is 31.6 Å². The monoisotopic (exact) mass is 354 g/mol. The number of imide groups is 1. The van der Waals surface area contributed by atoms with Gasteiger partial charge in [-0.05, 0) is 50.9 Å². The Balaban J connectivity index is 1.73. The standard InChI is InChI=1S/C18H22N6O2/c1-12-14(22-11-21-12)10-24-16(25)18(23-17(24)26,13-5-8-19-9-6-13)15-4-2-3-7-20-15/h2-4,7,11,13,19H,5-6,8-10H2,1H3,(H,21,22)(H,23,26)/t18-/m1/s1. The number of imidazole rings is 1. The lowest BCUT2D eigenvalue weighted by molar-refractivity contribution is -0.134. The molecule has 4 heterocycles. The number of urea groups is 1. The summed E-state index contributed by atoms with van der Waals surface area (Å²) in [4.78, 5) is 39.2. The number of nitrogens with one attached hydrogen (secondary N) is 3. The molecule has 4 rings (SSSR count). The predicted octanol–water partition coefficient (Wildman–Crippen LogP) is 1.06. The van der Waals surface area contributed by atoms with Crippen molar-refractivity contribution >= 4 is 11.9 Å². The van der Waals surface area contributed by atoms with E-state index in [1.807, 2.05) is 25.1 Å². The number of rotatable bonds is 4. The maximum atomic E-state index is 13.5. The van der Waals surface area contributed by atoms with Crippen LogP contribution in [0.4, 0.5) is 4.79 Å². The van der Waals surface area contributed by atoms with Gasteiger partial charge < -0.3 is 15.6 Å². The Bertz CT molecular complexity index is 814. The summed E-state index contributed by atoms with van der Waals surface area (Å²) >= 11 is 0. The first-order chi connectivity index (χ1) is 12.6. The van der Waals surface area contributed by atoms with Gasteiger partial charge in [-0.2, -0.15) is 0 Å². The van der Waals surface area contributed by atoms with E-state index in [0.29, 0.717) is 11.4 Å². The number of pyridine rings is 1. The summed E-state index contributed by atoms with van der Waals surface area (Å²) < 4.78 is 0. The minimum Gasteiger partial charge on any atom is -0.348 e. The molecule has 3 N–H and O–H groups in total. The normalized spacial score (nSPS) is 24.1. The third kappa shape index (κ3) is 2.57. The van der Waals surface area contributed by atoms with Crippen LogP contribution in [0.25, 0.3) is 0 Å². The largest absolute Gasteiger partial charge is 0.348 e. The third-order valence-corrected chi connectivity index (χ3v) is 5.39. The second kappa shape index (κ2) is 6.53. The highest BCUT2D eigenvalue weighted by atomic mass is 16.2. The lowest BCUT2D eigenvalue weighted by Crippen LogP contribution is -2.53. The Morgan fingerprint density at radius 3 is 2.69 bits per heavy atom. The first kappa shape index (κ1) is 16.7. The van der Waals surface area contributed by atoms with Gasteiger partial charge in [-0.1, -0.05) is 6.07 Å². The number of piperidine rings is 1. The van der Waals surface area contributed by atoms with Crippen molar-refractivity contribution in [2.24, 2.45) is 5.92 Å². The van der Waals surface area contributed by atoms with Gasteiger partial charge in [0.2, 0.25) is 0 Å². The number of amides is 3. The maximum absolute atomic E-state index is 13.5. The molecule has 0 spiro atoms. The van der Waals surface area contributed by atoms with E-state index >= 15 is 0 Å². The zero-order valence-electron chi connectivity index (χ0n) is 14.7. The molecular weight excluding hydrogens is 332 g/mol. The number of aromatic amines is 1. The molecule has 136 valence electrons. The van der Waals surface area contributed by atoms with Gasteiger partial charge in [0.1, 0.15) is 0 Å². The van der Waals surface area contributed by atoms with Crippen LogP contribution in [0.15, 0.2) is 30.7 Å². The van der Waals surface area contributed by atoms with E-state index in [-0.39, 0.29) is 24.4 Å². The molecule has 2 aromatic rings. The fraction of sp³-hybridized carbons (Fsp3) is 0.444. The van der Waals surface area contributed by atoms with Gasteiger partial charge in [0.25, 0.3) is 5.91 Å². The Kier molecular flexibility index (Phi) is 4.20. The molecule has 8 nitrogen and oxygen atoms in total. The fourth-order valence-electron chi connectivity index (χ4n) is 3.95. The van der Waals surface area contributed by atoms with Gasteiger partial charge in [-0.25, -0.2) is 9.78 Å². The molecule has 2 saturated heterocycles. The minimum absolute atomic E-state index is 0.000353. The smallest absolute Gasteiger partial charge is 0.325 e. The summed E-state index contributed by atoms with van der Waals surface area (Å²) in [6, 6.07) is 5.10. The van der Waals surface area contributed by atoms with Gasteiger partial charge >= 0.3 is 6.03 Å². The molecule has 1 atom stereocenters. The molecule has 2 aliphatic heterocycles. The number of carbonyl (C=O) groups excluding carboxylic acids is 2. The van der Waals surface area contributed by atoms with Crippen molar-refractivity contribution in [1.82, 2.24) is 30.5 Å². The summed E-state index contributed by atoms with van der Waals surface area (Å²) in [5, 5.41) is 6.31. The summed E-state index contributed by atoms with van der Waals surface area (Å²) in [5.74, 6) is -0.240. The van der Waals surface area contributed by atoms with Crippen molar-refractivity contribution in [2.45, 2.75) is 31.8 Å². The molecule has 0 saturated carbocycles. The lowest BCUT2D eigenvalue weighted by atomic mass is 9.75. The van der Waals surface area contributed by atoms with Gasteiger partial charge in [-0.15, -0.1) is 0 Å². The van der Waals surface area contributed by atoms with E-state index in [2.05, 4.69) is 25.6 Å². The number of carbonyl (C=O) groups is 2. The average Bonchev–Trinajstić information content (AvgIpc) is 3.20. The summed E-state index contributed by atoms with van der Waals surface area (Å²) in [5.41, 5.74) is 1.04. The van der Waals surface area contributed by atoms with Crippen LogP contribution in [0, 0.1) is 12.8 Å². The molecule has 2 aliphatic rings. The van der Waals surface area contributed by atoms with Crippen LogP contribution >= 0.6 is 0 Å². The molecule has 2 aromatic heterocycles. The average molecular weight is 354 g/mol. The zero-order chi connectivity index (χ0) is 18.1. The Labute approximate surface area is 151 Å². The van der Waals surface area contributed by atoms with Gasteiger partial charge in [-0.3, -0.25) is 14.7 Å². The number of aromatic nitrogens is 3. The third-order valence-electron chi connectivity index (χ3n) is 5.39. The highest BCUT2D eigenvalue weighted by molar-refractivity contribution is 6.07. The second-order valence-electron chi connectivity index (χ2n) is 6.84. The molecule has 3 amide bonds.